The van der Waals surface area contributed by atoms with Gasteiger partial charge in [0.05, 0.1) is 4.90 Å². The number of hydrogen-bond donors (Lipinski definition) is 1. The van der Waals surface area contributed by atoms with Crippen molar-refractivity contribution in [3.05, 3.63) is 29.3 Å². The molecule has 1 aliphatic rings. The fraction of sp³-hybridized carbons (Fsp3) is 0.625. The molecule has 0 unspecified atom stereocenters. The van der Waals surface area contributed by atoms with Gasteiger partial charge in [0.2, 0.25) is 10.0 Å². The molecule has 0 saturated heterocycles. The van der Waals surface area contributed by atoms with Crippen LogP contribution in [-0.2, 0) is 16.6 Å². The molecule has 0 heterocycles. The minimum Gasteiger partial charge on any atom is -0.310 e. The number of aryl methyl sites for hydroxylation is 1. The van der Waals surface area contributed by atoms with Crippen LogP contribution in [0.2, 0.25) is 0 Å². The average molecular weight is 310 g/mol. The second-order valence-corrected chi connectivity index (χ2v) is 7.66. The van der Waals surface area contributed by atoms with Gasteiger partial charge in [-0.3, -0.25) is 0 Å². The zero-order valence-corrected chi connectivity index (χ0v) is 14.0. The van der Waals surface area contributed by atoms with Crippen molar-refractivity contribution in [1.82, 2.24) is 9.62 Å². The first-order chi connectivity index (χ1) is 9.98. The fourth-order valence-electron chi connectivity index (χ4n) is 2.42. The van der Waals surface area contributed by atoms with Crippen LogP contribution in [0, 0.1) is 6.92 Å². The second-order valence-electron chi connectivity index (χ2n) is 5.75. The number of benzene rings is 1. The molecule has 0 atom stereocenters. The van der Waals surface area contributed by atoms with E-state index in [1.807, 2.05) is 39.0 Å². The smallest absolute Gasteiger partial charge is 0.243 e. The van der Waals surface area contributed by atoms with Crippen LogP contribution in [0.15, 0.2) is 23.1 Å². The summed E-state index contributed by atoms with van der Waals surface area (Å²) in [7, 11) is -3.38. The first-order valence-corrected chi connectivity index (χ1v) is 9.26. The van der Waals surface area contributed by atoms with Gasteiger partial charge in [-0.15, -0.1) is 0 Å². The molecular weight excluding hydrogens is 284 g/mol. The van der Waals surface area contributed by atoms with Crippen molar-refractivity contribution in [2.75, 3.05) is 13.1 Å². The molecule has 0 radical (unpaired) electrons. The van der Waals surface area contributed by atoms with Crippen LogP contribution in [0.25, 0.3) is 0 Å². The molecule has 1 aromatic carbocycles. The molecule has 5 heteroatoms. The van der Waals surface area contributed by atoms with Crippen molar-refractivity contribution >= 4 is 10.0 Å². The zero-order chi connectivity index (χ0) is 15.5. The van der Waals surface area contributed by atoms with Crippen molar-refractivity contribution in [2.24, 2.45) is 0 Å². The summed E-state index contributed by atoms with van der Waals surface area (Å²) in [6.07, 6.45) is 3.29. The van der Waals surface area contributed by atoms with E-state index in [9.17, 15) is 8.42 Å². The van der Waals surface area contributed by atoms with Crippen LogP contribution in [0.5, 0.6) is 0 Å². The standard InChI is InChI=1S/C16H26N2O2S/c1-4-10-18(5-2)21(19,20)16-11-14(7-6-13(16)3)12-17-15-8-9-15/h6-7,11,15,17H,4-5,8-10,12H2,1-3H3. The van der Waals surface area contributed by atoms with Gasteiger partial charge in [0, 0.05) is 25.7 Å². The Labute approximate surface area is 128 Å². The highest BCUT2D eigenvalue weighted by Gasteiger charge is 2.25. The Morgan fingerprint density at radius 1 is 1.29 bits per heavy atom. The van der Waals surface area contributed by atoms with Crippen LogP contribution in [-0.4, -0.2) is 31.9 Å². The van der Waals surface area contributed by atoms with E-state index in [0.29, 0.717) is 24.0 Å². The fourth-order valence-corrected chi connectivity index (χ4v) is 4.24. The van der Waals surface area contributed by atoms with Gasteiger partial charge in [0.15, 0.2) is 0 Å². The van der Waals surface area contributed by atoms with Crippen LogP contribution >= 0.6 is 0 Å². The summed E-state index contributed by atoms with van der Waals surface area (Å²) >= 11 is 0. The maximum absolute atomic E-state index is 12.8. The lowest BCUT2D eigenvalue weighted by molar-refractivity contribution is 0.426. The molecule has 21 heavy (non-hydrogen) atoms. The summed E-state index contributed by atoms with van der Waals surface area (Å²) < 4.78 is 27.1. The van der Waals surface area contributed by atoms with Crippen molar-refractivity contribution in [1.29, 1.82) is 0 Å². The van der Waals surface area contributed by atoms with E-state index in [0.717, 1.165) is 24.1 Å². The number of sulfonamides is 1. The minimum absolute atomic E-state index is 0.452. The summed E-state index contributed by atoms with van der Waals surface area (Å²) in [4.78, 5) is 0.452. The molecule has 0 bridgehead atoms. The second kappa shape index (κ2) is 6.90. The highest BCUT2D eigenvalue weighted by Crippen LogP contribution is 2.23. The van der Waals surface area contributed by atoms with E-state index in [2.05, 4.69) is 5.32 Å². The largest absolute Gasteiger partial charge is 0.310 e. The van der Waals surface area contributed by atoms with Crippen molar-refractivity contribution in [3.63, 3.8) is 0 Å². The quantitative estimate of drug-likeness (QED) is 0.803. The van der Waals surface area contributed by atoms with Crippen LogP contribution < -0.4 is 5.32 Å². The van der Waals surface area contributed by atoms with E-state index < -0.39 is 10.0 Å². The Kier molecular flexibility index (Phi) is 5.41. The van der Waals surface area contributed by atoms with Gasteiger partial charge >= 0.3 is 0 Å². The predicted octanol–water partition coefficient (Wildman–Crippen LogP) is 2.67. The third kappa shape index (κ3) is 4.05. The molecular formula is C16H26N2O2S. The van der Waals surface area contributed by atoms with E-state index in [1.165, 1.54) is 12.8 Å². The molecule has 0 amide bonds. The van der Waals surface area contributed by atoms with E-state index >= 15 is 0 Å². The normalized spacial score (nSPS) is 15.6. The van der Waals surface area contributed by atoms with E-state index in [1.54, 1.807) is 4.31 Å². The lowest BCUT2D eigenvalue weighted by Crippen LogP contribution is -2.32. The molecule has 2 rings (SSSR count). The van der Waals surface area contributed by atoms with Gasteiger partial charge in [-0.1, -0.05) is 26.0 Å². The average Bonchev–Trinajstić information content (AvgIpc) is 3.27. The molecule has 4 nitrogen and oxygen atoms in total. The molecule has 1 aromatic rings. The van der Waals surface area contributed by atoms with Gasteiger partial charge in [-0.2, -0.15) is 4.31 Å². The number of rotatable bonds is 8. The van der Waals surface area contributed by atoms with Gasteiger partial charge < -0.3 is 5.32 Å². The lowest BCUT2D eigenvalue weighted by Gasteiger charge is -2.21. The van der Waals surface area contributed by atoms with Gasteiger partial charge in [-0.25, -0.2) is 8.42 Å². The summed E-state index contributed by atoms with van der Waals surface area (Å²) in [6.45, 7) is 7.59. The molecule has 118 valence electrons. The molecule has 1 N–H and O–H groups in total. The predicted molar refractivity (Wildman–Crippen MR) is 85.8 cm³/mol. The molecule has 1 saturated carbocycles. The van der Waals surface area contributed by atoms with Crippen molar-refractivity contribution in [2.45, 2.75) is 57.5 Å². The lowest BCUT2D eigenvalue weighted by atomic mass is 10.1. The Morgan fingerprint density at radius 3 is 2.57 bits per heavy atom. The van der Waals surface area contributed by atoms with Crippen LogP contribution in [0.1, 0.15) is 44.2 Å². The van der Waals surface area contributed by atoms with Crippen LogP contribution in [0.4, 0.5) is 0 Å². The number of nitrogens with one attached hydrogen (secondary N) is 1. The van der Waals surface area contributed by atoms with Gasteiger partial charge in [0.25, 0.3) is 0 Å². The molecule has 0 aliphatic heterocycles. The summed E-state index contributed by atoms with van der Waals surface area (Å²) in [6, 6.07) is 6.38. The van der Waals surface area contributed by atoms with E-state index in [4.69, 9.17) is 0 Å². The third-order valence-electron chi connectivity index (χ3n) is 3.87. The third-order valence-corrected chi connectivity index (χ3v) is 5.98. The van der Waals surface area contributed by atoms with Gasteiger partial charge in [0.1, 0.15) is 0 Å². The van der Waals surface area contributed by atoms with Crippen molar-refractivity contribution in [3.8, 4) is 0 Å². The first-order valence-electron chi connectivity index (χ1n) is 7.82. The molecule has 0 spiro atoms. The Bertz CT molecular complexity index is 580. The van der Waals surface area contributed by atoms with Crippen molar-refractivity contribution < 1.29 is 8.42 Å². The maximum Gasteiger partial charge on any atom is 0.243 e. The molecule has 1 aliphatic carbocycles. The topological polar surface area (TPSA) is 49.4 Å². The Morgan fingerprint density at radius 2 is 2.00 bits per heavy atom. The first kappa shape index (κ1) is 16.5. The Hall–Kier alpha value is -0.910. The SMILES string of the molecule is CCCN(CC)S(=O)(=O)c1cc(CNC2CC2)ccc1C. The zero-order valence-electron chi connectivity index (χ0n) is 13.2. The minimum atomic E-state index is -3.38. The van der Waals surface area contributed by atoms with Crippen LogP contribution in [0.3, 0.4) is 0 Å². The number of nitrogens with zero attached hydrogens (tertiary/aromatic N) is 1. The van der Waals surface area contributed by atoms with Gasteiger partial charge in [-0.05, 0) is 43.4 Å². The summed E-state index contributed by atoms with van der Waals surface area (Å²) in [5.41, 5.74) is 1.86. The Balaban J connectivity index is 2.24. The molecule has 0 aromatic heterocycles. The number of hydrogen-bond acceptors (Lipinski definition) is 3. The summed E-state index contributed by atoms with van der Waals surface area (Å²) in [5.74, 6) is 0. The monoisotopic (exact) mass is 310 g/mol. The maximum atomic E-state index is 12.8. The highest BCUT2D eigenvalue weighted by atomic mass is 32.2. The molecule has 1 fully saturated rings. The van der Waals surface area contributed by atoms with E-state index in [-0.39, 0.29) is 0 Å². The summed E-state index contributed by atoms with van der Waals surface area (Å²) in [5, 5.41) is 3.43. The highest BCUT2D eigenvalue weighted by molar-refractivity contribution is 7.89.